The summed E-state index contributed by atoms with van der Waals surface area (Å²) in [6, 6.07) is 6.65. The van der Waals surface area contributed by atoms with E-state index in [2.05, 4.69) is 6.92 Å². The Kier molecular flexibility index (Phi) is 9.96. The summed E-state index contributed by atoms with van der Waals surface area (Å²) in [5.74, 6) is -0.246. The van der Waals surface area contributed by atoms with Gasteiger partial charge in [-0.1, -0.05) is 64.4 Å². The summed E-state index contributed by atoms with van der Waals surface area (Å²) in [6.45, 7) is 3.11. The van der Waals surface area contributed by atoms with Crippen molar-refractivity contribution in [3.05, 3.63) is 35.4 Å². The first-order valence-electron chi connectivity index (χ1n) is 10.6. The highest BCUT2D eigenvalue weighted by molar-refractivity contribution is 5.95. The van der Waals surface area contributed by atoms with Crippen LogP contribution >= 0.6 is 0 Å². The van der Waals surface area contributed by atoms with Crippen LogP contribution in [0.5, 0.6) is 0 Å². The molecule has 0 unspecified atom stereocenters. The summed E-state index contributed by atoms with van der Waals surface area (Å²) in [7, 11) is 0. The molecule has 0 atom stereocenters. The number of hydrogen-bond acceptors (Lipinski definition) is 4. The van der Waals surface area contributed by atoms with Gasteiger partial charge in [0.15, 0.2) is 0 Å². The molecule has 27 heavy (non-hydrogen) atoms. The highest BCUT2D eigenvalue weighted by Gasteiger charge is 2.17. The lowest BCUT2D eigenvalue weighted by Crippen LogP contribution is -2.17. The van der Waals surface area contributed by atoms with Crippen LogP contribution in [0.1, 0.15) is 98.3 Å². The van der Waals surface area contributed by atoms with Crippen molar-refractivity contribution in [3.63, 3.8) is 0 Å². The summed E-state index contributed by atoms with van der Waals surface area (Å²) in [6.07, 6.45) is 12.9. The Morgan fingerprint density at radius 3 is 2.22 bits per heavy atom. The highest BCUT2D eigenvalue weighted by atomic mass is 16.5. The van der Waals surface area contributed by atoms with Gasteiger partial charge in [0.1, 0.15) is 0 Å². The van der Waals surface area contributed by atoms with Crippen LogP contribution in [0.2, 0.25) is 0 Å². The lowest BCUT2D eigenvalue weighted by atomic mass is 9.90. The van der Waals surface area contributed by atoms with Gasteiger partial charge in [0.05, 0.1) is 24.3 Å². The van der Waals surface area contributed by atoms with Gasteiger partial charge in [-0.3, -0.25) is 0 Å². The van der Waals surface area contributed by atoms with Crippen LogP contribution in [0.25, 0.3) is 0 Å². The first-order chi connectivity index (χ1) is 13.2. The van der Waals surface area contributed by atoms with Crippen LogP contribution in [0.3, 0.4) is 0 Å². The van der Waals surface area contributed by atoms with Crippen LogP contribution in [0.15, 0.2) is 24.3 Å². The summed E-state index contributed by atoms with van der Waals surface area (Å²) >= 11 is 0. The van der Waals surface area contributed by atoms with Crippen molar-refractivity contribution in [2.24, 2.45) is 5.92 Å². The molecule has 4 heteroatoms. The van der Waals surface area contributed by atoms with E-state index in [-0.39, 0.29) is 11.9 Å². The smallest absolute Gasteiger partial charge is 0.338 e. The van der Waals surface area contributed by atoms with Crippen LogP contribution in [0, 0.1) is 5.92 Å². The molecular formula is C23H34O4. The molecule has 0 radical (unpaired) electrons. The highest BCUT2D eigenvalue weighted by Crippen LogP contribution is 2.24. The SMILES string of the molecule is CCCCCCCCOC(=O)c1cccc(C(=O)OCC2CCCCC2)c1. The fourth-order valence-corrected chi connectivity index (χ4v) is 3.53. The third kappa shape index (κ3) is 8.15. The molecule has 1 aliphatic carbocycles. The maximum absolute atomic E-state index is 12.3. The molecule has 0 heterocycles. The van der Waals surface area contributed by atoms with E-state index in [0.717, 1.165) is 25.7 Å². The van der Waals surface area contributed by atoms with E-state index < -0.39 is 0 Å². The molecule has 4 nitrogen and oxygen atoms in total. The number of carbonyl (C=O) groups excluding carboxylic acids is 2. The van der Waals surface area contributed by atoms with Crippen molar-refractivity contribution in [1.29, 1.82) is 0 Å². The van der Waals surface area contributed by atoms with Gasteiger partial charge >= 0.3 is 11.9 Å². The Bertz CT molecular complexity index is 575. The predicted octanol–water partition coefficient (Wildman–Crippen LogP) is 5.94. The minimum atomic E-state index is -0.370. The molecule has 1 aromatic carbocycles. The van der Waals surface area contributed by atoms with Crippen LogP contribution in [-0.2, 0) is 9.47 Å². The van der Waals surface area contributed by atoms with E-state index in [1.165, 1.54) is 44.9 Å². The average Bonchev–Trinajstić information content (AvgIpc) is 2.72. The van der Waals surface area contributed by atoms with Crippen LogP contribution in [0.4, 0.5) is 0 Å². The van der Waals surface area contributed by atoms with Crippen molar-refractivity contribution < 1.29 is 19.1 Å². The van der Waals surface area contributed by atoms with Gasteiger partial charge in [0.25, 0.3) is 0 Å². The summed E-state index contributed by atoms with van der Waals surface area (Å²) in [5.41, 5.74) is 0.827. The summed E-state index contributed by atoms with van der Waals surface area (Å²) in [4.78, 5) is 24.5. The number of carbonyl (C=O) groups is 2. The first kappa shape index (κ1) is 21.5. The van der Waals surface area contributed by atoms with E-state index in [1.54, 1.807) is 24.3 Å². The van der Waals surface area contributed by atoms with Gasteiger partial charge in [-0.2, -0.15) is 0 Å². The molecule has 150 valence electrons. The molecule has 1 saturated carbocycles. The van der Waals surface area contributed by atoms with E-state index in [0.29, 0.717) is 30.3 Å². The third-order valence-corrected chi connectivity index (χ3v) is 5.24. The maximum atomic E-state index is 12.3. The van der Waals surface area contributed by atoms with E-state index in [4.69, 9.17) is 9.47 Å². The topological polar surface area (TPSA) is 52.6 Å². The Balaban J connectivity index is 1.72. The van der Waals surface area contributed by atoms with E-state index in [9.17, 15) is 9.59 Å². The Morgan fingerprint density at radius 1 is 0.889 bits per heavy atom. The Morgan fingerprint density at radius 2 is 1.52 bits per heavy atom. The van der Waals surface area contributed by atoms with Gasteiger partial charge in [-0.15, -0.1) is 0 Å². The van der Waals surface area contributed by atoms with Crippen molar-refractivity contribution >= 4 is 11.9 Å². The minimum Gasteiger partial charge on any atom is -0.462 e. The van der Waals surface area contributed by atoms with Gasteiger partial charge in [-0.05, 0) is 43.4 Å². The number of unbranched alkanes of at least 4 members (excludes halogenated alkanes) is 5. The molecule has 1 aliphatic rings. The molecule has 0 N–H and O–H groups in total. The van der Waals surface area contributed by atoms with E-state index in [1.807, 2.05) is 0 Å². The fraction of sp³-hybridized carbons (Fsp3) is 0.652. The van der Waals surface area contributed by atoms with E-state index >= 15 is 0 Å². The molecule has 0 aliphatic heterocycles. The molecule has 0 aromatic heterocycles. The molecule has 0 bridgehead atoms. The fourth-order valence-electron chi connectivity index (χ4n) is 3.53. The van der Waals surface area contributed by atoms with Gasteiger partial charge in [0, 0.05) is 0 Å². The lowest BCUT2D eigenvalue weighted by molar-refractivity contribution is 0.0410. The van der Waals surface area contributed by atoms with Crippen molar-refractivity contribution in [2.75, 3.05) is 13.2 Å². The number of benzene rings is 1. The lowest BCUT2D eigenvalue weighted by Gasteiger charge is -2.21. The molecule has 0 saturated heterocycles. The second-order valence-corrected chi connectivity index (χ2v) is 7.59. The molecule has 1 aromatic rings. The Hall–Kier alpha value is -1.84. The molecule has 1 fully saturated rings. The first-order valence-corrected chi connectivity index (χ1v) is 10.6. The normalized spacial score (nSPS) is 14.7. The number of esters is 2. The number of rotatable bonds is 11. The zero-order chi connectivity index (χ0) is 19.3. The van der Waals surface area contributed by atoms with Crippen LogP contribution < -0.4 is 0 Å². The second kappa shape index (κ2) is 12.5. The maximum Gasteiger partial charge on any atom is 0.338 e. The Labute approximate surface area is 163 Å². The largest absolute Gasteiger partial charge is 0.462 e. The summed E-state index contributed by atoms with van der Waals surface area (Å²) in [5, 5.41) is 0. The predicted molar refractivity (Wildman–Crippen MR) is 107 cm³/mol. The zero-order valence-electron chi connectivity index (χ0n) is 16.7. The quantitative estimate of drug-likeness (QED) is 0.355. The van der Waals surface area contributed by atoms with Crippen molar-refractivity contribution in [1.82, 2.24) is 0 Å². The molecular weight excluding hydrogens is 340 g/mol. The number of hydrogen-bond donors (Lipinski definition) is 0. The van der Waals surface area contributed by atoms with Gasteiger partial charge in [-0.25, -0.2) is 9.59 Å². The molecule has 0 spiro atoms. The molecule has 2 rings (SSSR count). The molecule has 0 amide bonds. The van der Waals surface area contributed by atoms with Crippen molar-refractivity contribution in [3.8, 4) is 0 Å². The summed E-state index contributed by atoms with van der Waals surface area (Å²) < 4.78 is 10.8. The van der Waals surface area contributed by atoms with Crippen molar-refractivity contribution in [2.45, 2.75) is 77.6 Å². The zero-order valence-corrected chi connectivity index (χ0v) is 16.7. The minimum absolute atomic E-state index is 0.355. The van der Waals surface area contributed by atoms with Crippen LogP contribution in [-0.4, -0.2) is 25.2 Å². The standard InChI is InChI=1S/C23H34O4/c1-2-3-4-5-6-10-16-26-22(24)20-14-11-15-21(17-20)23(25)27-18-19-12-8-7-9-13-19/h11,14-15,17,19H,2-10,12-13,16,18H2,1H3. The van der Waals surface area contributed by atoms with Gasteiger partial charge < -0.3 is 9.47 Å². The monoisotopic (exact) mass is 374 g/mol. The number of ether oxygens (including phenoxy) is 2. The average molecular weight is 375 g/mol. The van der Waals surface area contributed by atoms with Gasteiger partial charge in [0.2, 0.25) is 0 Å². The second-order valence-electron chi connectivity index (χ2n) is 7.59. The third-order valence-electron chi connectivity index (χ3n) is 5.24.